The molecule has 0 saturated carbocycles. The summed E-state index contributed by atoms with van der Waals surface area (Å²) in [5, 5.41) is 4.58. The van der Waals surface area contributed by atoms with E-state index < -0.39 is 5.79 Å². The van der Waals surface area contributed by atoms with Gasteiger partial charge in [0.05, 0.1) is 12.3 Å². The molecule has 1 aliphatic heterocycles. The molecule has 0 bridgehead atoms. The minimum absolute atomic E-state index is 0.137. The Hall–Kier alpha value is -2.97. The fourth-order valence-corrected chi connectivity index (χ4v) is 3.18. The largest absolute Gasteiger partial charge is 0.490 e. The van der Waals surface area contributed by atoms with Crippen molar-refractivity contribution in [3.05, 3.63) is 42.1 Å². The molecule has 1 aromatic carbocycles. The number of rotatable bonds is 6. The third-order valence-electron chi connectivity index (χ3n) is 4.41. The van der Waals surface area contributed by atoms with Crippen LogP contribution in [-0.4, -0.2) is 46.2 Å². The summed E-state index contributed by atoms with van der Waals surface area (Å²) in [6, 6.07) is 11.3. The average molecular weight is 383 g/mol. The molecule has 3 aromatic rings. The minimum atomic E-state index is -0.589. The standard InChI is InChI=1S/C20H21N3O5/c1-13-19(26-12-24)23-18(21-13)9-8-16(22-23)15-6-4-5-7-17(15)25-10-14-11-27-20(2,3)28-14/h4-9,12,14H,10-11H2,1-3H3/t14-/m0/s1. The monoisotopic (exact) mass is 383 g/mol. The third kappa shape index (κ3) is 3.56. The van der Waals surface area contributed by atoms with Crippen molar-refractivity contribution in [2.24, 2.45) is 0 Å². The Bertz CT molecular complexity index is 1010. The molecule has 1 atom stereocenters. The molecule has 0 aliphatic carbocycles. The van der Waals surface area contributed by atoms with Crippen molar-refractivity contribution >= 4 is 12.1 Å². The SMILES string of the molecule is Cc1nc2ccc(-c3ccccc3OC[C@H]3COC(C)(C)O3)nn2c1OC=O. The zero-order valence-electron chi connectivity index (χ0n) is 15.9. The lowest BCUT2D eigenvalue weighted by Gasteiger charge is -2.18. The smallest absolute Gasteiger partial charge is 0.299 e. The molecular weight excluding hydrogens is 362 g/mol. The van der Waals surface area contributed by atoms with Gasteiger partial charge in [0.1, 0.15) is 24.2 Å². The maximum atomic E-state index is 10.8. The average Bonchev–Trinajstić information content (AvgIpc) is 3.19. The van der Waals surface area contributed by atoms with Gasteiger partial charge in [-0.25, -0.2) is 4.98 Å². The summed E-state index contributed by atoms with van der Waals surface area (Å²) in [6.45, 7) is 6.74. The predicted molar refractivity (Wildman–Crippen MR) is 100 cm³/mol. The topological polar surface area (TPSA) is 84.2 Å². The quantitative estimate of drug-likeness (QED) is 0.605. The number of carbonyl (C=O) groups excluding carboxylic acids is 1. The van der Waals surface area contributed by atoms with Crippen molar-refractivity contribution in [3.63, 3.8) is 0 Å². The highest BCUT2D eigenvalue weighted by Gasteiger charge is 2.33. The molecule has 0 N–H and O–H groups in total. The van der Waals surface area contributed by atoms with E-state index in [2.05, 4.69) is 10.1 Å². The van der Waals surface area contributed by atoms with Crippen molar-refractivity contribution in [1.29, 1.82) is 0 Å². The first-order valence-electron chi connectivity index (χ1n) is 8.97. The summed E-state index contributed by atoms with van der Waals surface area (Å²) in [5.41, 5.74) is 2.66. The van der Waals surface area contributed by atoms with Crippen molar-refractivity contribution in [1.82, 2.24) is 14.6 Å². The second kappa shape index (κ2) is 7.21. The van der Waals surface area contributed by atoms with Gasteiger partial charge < -0.3 is 18.9 Å². The normalized spacial score (nSPS) is 18.3. The summed E-state index contributed by atoms with van der Waals surface area (Å²) < 4.78 is 23.9. The van der Waals surface area contributed by atoms with Crippen molar-refractivity contribution in [2.45, 2.75) is 32.7 Å². The van der Waals surface area contributed by atoms with Gasteiger partial charge in [0, 0.05) is 5.56 Å². The zero-order chi connectivity index (χ0) is 19.7. The lowest BCUT2D eigenvalue weighted by Crippen LogP contribution is -2.25. The van der Waals surface area contributed by atoms with E-state index in [1.165, 1.54) is 4.52 Å². The van der Waals surface area contributed by atoms with Crippen LogP contribution < -0.4 is 9.47 Å². The van der Waals surface area contributed by atoms with Crippen LogP contribution in [0.2, 0.25) is 0 Å². The molecule has 1 fully saturated rings. The third-order valence-corrected chi connectivity index (χ3v) is 4.41. The van der Waals surface area contributed by atoms with Crippen molar-refractivity contribution < 1.29 is 23.7 Å². The molecule has 146 valence electrons. The molecule has 0 unspecified atom stereocenters. The van der Waals surface area contributed by atoms with Crippen LogP contribution in [0.3, 0.4) is 0 Å². The van der Waals surface area contributed by atoms with Crippen molar-refractivity contribution in [2.75, 3.05) is 13.2 Å². The van der Waals surface area contributed by atoms with Crippen LogP contribution in [0.1, 0.15) is 19.5 Å². The number of hydrogen-bond acceptors (Lipinski definition) is 7. The van der Waals surface area contributed by atoms with Gasteiger partial charge in [-0.2, -0.15) is 9.61 Å². The fourth-order valence-electron chi connectivity index (χ4n) is 3.18. The van der Waals surface area contributed by atoms with E-state index in [0.717, 1.165) is 5.56 Å². The lowest BCUT2D eigenvalue weighted by atomic mass is 10.1. The Balaban J connectivity index is 1.62. The van der Waals surface area contributed by atoms with Crippen LogP contribution in [0.15, 0.2) is 36.4 Å². The first kappa shape index (κ1) is 18.4. The Morgan fingerprint density at radius 1 is 1.29 bits per heavy atom. The maximum absolute atomic E-state index is 10.8. The maximum Gasteiger partial charge on any atom is 0.299 e. The van der Waals surface area contributed by atoms with E-state index in [1.54, 1.807) is 6.92 Å². The van der Waals surface area contributed by atoms with Gasteiger partial charge in [-0.3, -0.25) is 4.79 Å². The first-order valence-corrected chi connectivity index (χ1v) is 8.97. The van der Waals surface area contributed by atoms with Gasteiger partial charge in [0.15, 0.2) is 11.4 Å². The van der Waals surface area contributed by atoms with Crippen LogP contribution in [0, 0.1) is 6.92 Å². The van der Waals surface area contributed by atoms with Gasteiger partial charge in [0.2, 0.25) is 5.88 Å². The molecule has 1 saturated heterocycles. The number of fused-ring (bicyclic) bond motifs is 1. The van der Waals surface area contributed by atoms with E-state index in [9.17, 15) is 4.79 Å². The number of carbonyl (C=O) groups is 1. The Morgan fingerprint density at radius 2 is 2.11 bits per heavy atom. The van der Waals surface area contributed by atoms with E-state index in [0.29, 0.717) is 48.4 Å². The summed E-state index contributed by atoms with van der Waals surface area (Å²) in [4.78, 5) is 15.1. The van der Waals surface area contributed by atoms with Crippen LogP contribution in [-0.2, 0) is 14.3 Å². The molecular formula is C20H21N3O5. The summed E-state index contributed by atoms with van der Waals surface area (Å²) in [5.74, 6) is 0.385. The van der Waals surface area contributed by atoms with E-state index in [-0.39, 0.29) is 6.10 Å². The molecule has 2 aromatic heterocycles. The van der Waals surface area contributed by atoms with Crippen molar-refractivity contribution in [3.8, 4) is 22.9 Å². The van der Waals surface area contributed by atoms with Crippen LogP contribution in [0.4, 0.5) is 0 Å². The second-order valence-electron chi connectivity index (χ2n) is 6.96. The van der Waals surface area contributed by atoms with Crippen LogP contribution >= 0.6 is 0 Å². The molecule has 8 nitrogen and oxygen atoms in total. The Labute approximate surface area is 162 Å². The first-order chi connectivity index (χ1) is 13.5. The van der Waals surface area contributed by atoms with Gasteiger partial charge in [-0.15, -0.1) is 0 Å². The second-order valence-corrected chi connectivity index (χ2v) is 6.96. The highest BCUT2D eigenvalue weighted by molar-refractivity contribution is 5.68. The highest BCUT2D eigenvalue weighted by atomic mass is 16.7. The van der Waals surface area contributed by atoms with Gasteiger partial charge in [0.25, 0.3) is 6.47 Å². The summed E-state index contributed by atoms with van der Waals surface area (Å²) in [6.07, 6.45) is -0.137. The number of nitrogens with zero attached hydrogens (tertiary/aromatic N) is 3. The summed E-state index contributed by atoms with van der Waals surface area (Å²) in [7, 11) is 0. The molecule has 3 heterocycles. The Morgan fingerprint density at radius 3 is 2.86 bits per heavy atom. The number of aromatic nitrogens is 3. The van der Waals surface area contributed by atoms with Gasteiger partial charge >= 0.3 is 0 Å². The van der Waals surface area contributed by atoms with E-state index in [1.807, 2.05) is 50.2 Å². The number of para-hydroxylation sites is 1. The summed E-state index contributed by atoms with van der Waals surface area (Å²) >= 11 is 0. The number of hydrogen-bond donors (Lipinski definition) is 0. The molecule has 1 aliphatic rings. The van der Waals surface area contributed by atoms with Crippen LogP contribution in [0.25, 0.3) is 16.9 Å². The predicted octanol–water partition coefficient (Wildman–Crippen LogP) is 2.77. The molecule has 0 amide bonds. The molecule has 4 rings (SSSR count). The number of ether oxygens (including phenoxy) is 4. The Kier molecular flexibility index (Phi) is 4.74. The van der Waals surface area contributed by atoms with Crippen LogP contribution in [0.5, 0.6) is 11.6 Å². The number of imidazole rings is 1. The lowest BCUT2D eigenvalue weighted by molar-refractivity contribution is -0.141. The molecule has 0 spiro atoms. The number of benzene rings is 1. The number of aryl methyl sites for hydroxylation is 1. The van der Waals surface area contributed by atoms with Gasteiger partial charge in [-0.05, 0) is 45.0 Å². The highest BCUT2D eigenvalue weighted by Crippen LogP contribution is 2.31. The fraction of sp³-hybridized carbons (Fsp3) is 0.350. The van der Waals surface area contributed by atoms with Gasteiger partial charge in [-0.1, -0.05) is 12.1 Å². The molecule has 8 heteroatoms. The minimum Gasteiger partial charge on any atom is -0.490 e. The van der Waals surface area contributed by atoms with E-state index >= 15 is 0 Å². The molecule has 28 heavy (non-hydrogen) atoms. The van der Waals surface area contributed by atoms with E-state index in [4.69, 9.17) is 18.9 Å². The zero-order valence-corrected chi connectivity index (χ0v) is 15.9. The molecule has 0 radical (unpaired) electrons.